The van der Waals surface area contributed by atoms with Crippen LogP contribution < -0.4 is 5.73 Å². The molecular weight excluding hydrogens is 170 g/mol. The molecule has 1 heteroatoms. The summed E-state index contributed by atoms with van der Waals surface area (Å²) < 4.78 is 0. The molecule has 1 nitrogen and oxygen atoms in total. The van der Waals surface area contributed by atoms with Gasteiger partial charge in [0.05, 0.1) is 0 Å². The molecule has 2 aliphatic carbocycles. The summed E-state index contributed by atoms with van der Waals surface area (Å²) in [6.07, 6.45) is 6.85. The highest BCUT2D eigenvalue weighted by Crippen LogP contribution is 2.39. The molecular formula is C13H15N. The summed E-state index contributed by atoms with van der Waals surface area (Å²) in [6.45, 7) is 0. The van der Waals surface area contributed by atoms with Crippen LogP contribution in [0.5, 0.6) is 0 Å². The fourth-order valence-corrected chi connectivity index (χ4v) is 2.86. The number of hydrogen-bond acceptors (Lipinski definition) is 1. The average Bonchev–Trinajstić information content (AvgIpc) is 2.18. The van der Waals surface area contributed by atoms with Gasteiger partial charge in [-0.15, -0.1) is 0 Å². The average molecular weight is 185 g/mol. The van der Waals surface area contributed by atoms with Crippen LogP contribution in [-0.2, 0) is 6.42 Å². The minimum Gasteiger partial charge on any atom is -0.327 e. The first kappa shape index (κ1) is 8.25. The van der Waals surface area contributed by atoms with E-state index in [-0.39, 0.29) is 0 Å². The number of fused-ring (bicyclic) bond motifs is 4. The lowest BCUT2D eigenvalue weighted by Crippen LogP contribution is -2.41. The number of rotatable bonds is 0. The minimum atomic E-state index is 0.342. The Balaban J connectivity index is 2.12. The van der Waals surface area contributed by atoms with Gasteiger partial charge in [0.1, 0.15) is 0 Å². The molecule has 0 saturated carbocycles. The summed E-state index contributed by atoms with van der Waals surface area (Å²) in [5, 5.41) is 0. The Bertz CT molecular complexity index is 381. The maximum absolute atomic E-state index is 6.25. The van der Waals surface area contributed by atoms with Crippen LogP contribution in [0.25, 0.3) is 0 Å². The molecule has 3 rings (SSSR count). The maximum atomic E-state index is 6.25. The van der Waals surface area contributed by atoms with Crippen LogP contribution >= 0.6 is 0 Å². The van der Waals surface area contributed by atoms with Crippen LogP contribution in [0.1, 0.15) is 23.5 Å². The fraction of sp³-hybridized carbons (Fsp3) is 0.385. The Morgan fingerprint density at radius 1 is 1.21 bits per heavy atom. The Kier molecular flexibility index (Phi) is 1.74. The van der Waals surface area contributed by atoms with E-state index in [1.165, 1.54) is 11.1 Å². The van der Waals surface area contributed by atoms with Gasteiger partial charge in [0, 0.05) is 12.0 Å². The summed E-state index contributed by atoms with van der Waals surface area (Å²) in [6, 6.07) is 9.10. The number of nitrogens with two attached hydrogens (primary N) is 1. The molecule has 1 aromatic rings. The van der Waals surface area contributed by atoms with Crippen LogP contribution in [-0.4, -0.2) is 6.04 Å². The van der Waals surface area contributed by atoms with Crippen molar-refractivity contribution in [3.8, 4) is 0 Å². The quantitative estimate of drug-likeness (QED) is 0.616. The second-order valence-corrected chi connectivity index (χ2v) is 4.41. The third-order valence-corrected chi connectivity index (χ3v) is 3.64. The second kappa shape index (κ2) is 2.96. The molecule has 0 amide bonds. The van der Waals surface area contributed by atoms with Crippen molar-refractivity contribution < 1.29 is 0 Å². The van der Waals surface area contributed by atoms with Crippen LogP contribution in [0.15, 0.2) is 36.4 Å². The molecule has 0 fully saturated rings. The van der Waals surface area contributed by atoms with Gasteiger partial charge in [-0.1, -0.05) is 36.4 Å². The lowest BCUT2D eigenvalue weighted by molar-refractivity contribution is 0.377. The van der Waals surface area contributed by atoms with E-state index in [2.05, 4.69) is 36.4 Å². The minimum absolute atomic E-state index is 0.342. The third-order valence-electron chi connectivity index (χ3n) is 3.64. The normalized spacial score (nSPS) is 33.9. The molecule has 0 radical (unpaired) electrons. The zero-order valence-electron chi connectivity index (χ0n) is 8.19. The molecule has 0 heterocycles. The van der Waals surface area contributed by atoms with Gasteiger partial charge >= 0.3 is 0 Å². The van der Waals surface area contributed by atoms with E-state index < -0.39 is 0 Å². The largest absolute Gasteiger partial charge is 0.327 e. The first-order valence-electron chi connectivity index (χ1n) is 5.36. The van der Waals surface area contributed by atoms with E-state index in [0.717, 1.165) is 12.8 Å². The van der Waals surface area contributed by atoms with Crippen molar-refractivity contribution in [2.45, 2.75) is 24.8 Å². The summed E-state index contributed by atoms with van der Waals surface area (Å²) in [4.78, 5) is 0. The summed E-state index contributed by atoms with van der Waals surface area (Å²) in [7, 11) is 0. The molecule has 72 valence electrons. The van der Waals surface area contributed by atoms with Crippen molar-refractivity contribution in [3.05, 3.63) is 47.5 Å². The van der Waals surface area contributed by atoms with Crippen molar-refractivity contribution in [1.29, 1.82) is 0 Å². The van der Waals surface area contributed by atoms with Crippen molar-refractivity contribution in [2.75, 3.05) is 0 Å². The van der Waals surface area contributed by atoms with Crippen molar-refractivity contribution in [2.24, 2.45) is 11.7 Å². The molecule has 2 unspecified atom stereocenters. The van der Waals surface area contributed by atoms with Crippen LogP contribution in [0, 0.1) is 5.92 Å². The Hall–Kier alpha value is -1.08. The van der Waals surface area contributed by atoms with Gasteiger partial charge in [0.25, 0.3) is 0 Å². The highest BCUT2D eigenvalue weighted by Gasteiger charge is 2.34. The molecule has 0 spiro atoms. The van der Waals surface area contributed by atoms with E-state index >= 15 is 0 Å². The molecule has 0 aromatic heterocycles. The molecule has 0 aliphatic heterocycles. The highest BCUT2D eigenvalue weighted by atomic mass is 14.7. The maximum Gasteiger partial charge on any atom is 0.0177 e. The summed E-state index contributed by atoms with van der Waals surface area (Å²) in [5.41, 5.74) is 9.24. The predicted molar refractivity (Wildman–Crippen MR) is 58.1 cm³/mol. The Labute approximate surface area is 84.6 Å². The van der Waals surface area contributed by atoms with E-state index in [1.807, 2.05) is 0 Å². The van der Waals surface area contributed by atoms with Gasteiger partial charge in [0.2, 0.25) is 0 Å². The standard InChI is InChI=1S/C13H15N/c14-13-10-5-3-7-12(13)11-6-2-1-4-9(11)8-10/h1-6,10,12-13H,7-8,14H2/t10?,12-,13?/m0/s1. The third kappa shape index (κ3) is 1.05. The molecule has 2 N–H and O–H groups in total. The van der Waals surface area contributed by atoms with E-state index in [4.69, 9.17) is 5.73 Å². The lowest BCUT2D eigenvalue weighted by atomic mass is 9.69. The van der Waals surface area contributed by atoms with Crippen molar-refractivity contribution in [1.82, 2.24) is 0 Å². The van der Waals surface area contributed by atoms with Gasteiger partial charge in [0.15, 0.2) is 0 Å². The van der Waals surface area contributed by atoms with Gasteiger partial charge in [-0.25, -0.2) is 0 Å². The molecule has 0 saturated heterocycles. The van der Waals surface area contributed by atoms with Crippen LogP contribution in [0.2, 0.25) is 0 Å². The predicted octanol–water partition coefficient (Wildman–Crippen LogP) is 2.23. The van der Waals surface area contributed by atoms with Crippen LogP contribution in [0.3, 0.4) is 0 Å². The van der Waals surface area contributed by atoms with Crippen molar-refractivity contribution in [3.63, 3.8) is 0 Å². The topological polar surface area (TPSA) is 26.0 Å². The monoisotopic (exact) mass is 185 g/mol. The SMILES string of the molecule is NC1C2C=CC[C@H]1c1ccccc1C2. The molecule has 2 aliphatic rings. The zero-order valence-corrected chi connectivity index (χ0v) is 8.19. The first-order valence-corrected chi connectivity index (χ1v) is 5.36. The Morgan fingerprint density at radius 2 is 2.07 bits per heavy atom. The molecule has 14 heavy (non-hydrogen) atoms. The van der Waals surface area contributed by atoms with Gasteiger partial charge in [-0.2, -0.15) is 0 Å². The van der Waals surface area contributed by atoms with Gasteiger partial charge in [-0.3, -0.25) is 0 Å². The summed E-state index contributed by atoms with van der Waals surface area (Å²) in [5.74, 6) is 1.14. The van der Waals surface area contributed by atoms with E-state index in [0.29, 0.717) is 17.9 Å². The smallest absolute Gasteiger partial charge is 0.0177 e. The highest BCUT2D eigenvalue weighted by molar-refractivity contribution is 5.38. The summed E-state index contributed by atoms with van der Waals surface area (Å²) >= 11 is 0. The molecule has 1 aromatic carbocycles. The van der Waals surface area contributed by atoms with Crippen LogP contribution in [0.4, 0.5) is 0 Å². The van der Waals surface area contributed by atoms with E-state index in [1.54, 1.807) is 0 Å². The van der Waals surface area contributed by atoms with Gasteiger partial charge in [-0.05, 0) is 29.9 Å². The Morgan fingerprint density at radius 3 is 3.00 bits per heavy atom. The molecule has 2 bridgehead atoms. The van der Waals surface area contributed by atoms with Crippen molar-refractivity contribution >= 4 is 0 Å². The number of benzene rings is 1. The zero-order chi connectivity index (χ0) is 9.54. The van der Waals surface area contributed by atoms with E-state index in [9.17, 15) is 0 Å². The second-order valence-electron chi connectivity index (χ2n) is 4.41. The first-order chi connectivity index (χ1) is 6.86. The molecule has 3 atom stereocenters. The fourth-order valence-electron chi connectivity index (χ4n) is 2.86. The lowest BCUT2D eigenvalue weighted by Gasteiger charge is -2.38. The number of hydrogen-bond donors (Lipinski definition) is 1. The number of allylic oxidation sites excluding steroid dienone is 1. The van der Waals surface area contributed by atoms with Gasteiger partial charge < -0.3 is 5.73 Å².